The Bertz CT molecular complexity index is 500. The van der Waals surface area contributed by atoms with Crippen LogP contribution in [0.5, 0.6) is 0 Å². The number of nitrogens with zero attached hydrogens (tertiary/aromatic N) is 3. The van der Waals surface area contributed by atoms with Gasteiger partial charge in [0.15, 0.2) is 11.5 Å². The molecule has 2 aromatic heterocycles. The molecule has 1 aliphatic rings. The van der Waals surface area contributed by atoms with Gasteiger partial charge in [-0.05, 0) is 31.4 Å². The van der Waals surface area contributed by atoms with Crippen LogP contribution in [0.25, 0.3) is 5.65 Å². The summed E-state index contributed by atoms with van der Waals surface area (Å²) in [4.78, 5) is 4.61. The number of aryl methyl sites for hydroxylation is 1. The number of hydrogen-bond donors (Lipinski definition) is 0. The van der Waals surface area contributed by atoms with Gasteiger partial charge >= 0.3 is 0 Å². The summed E-state index contributed by atoms with van der Waals surface area (Å²) < 4.78 is 7.33. The van der Waals surface area contributed by atoms with Gasteiger partial charge in [-0.15, -0.1) is 0 Å². The minimum atomic E-state index is 0.369. The normalized spacial score (nSPS) is 21.4. The molecule has 1 atom stereocenters. The van der Waals surface area contributed by atoms with E-state index in [1.807, 2.05) is 16.8 Å². The van der Waals surface area contributed by atoms with E-state index >= 15 is 0 Å². The van der Waals surface area contributed by atoms with Crippen molar-refractivity contribution in [2.24, 2.45) is 0 Å². The van der Waals surface area contributed by atoms with Crippen molar-refractivity contribution < 1.29 is 4.74 Å². The second-order valence-electron chi connectivity index (χ2n) is 4.34. The van der Waals surface area contributed by atoms with Gasteiger partial charge < -0.3 is 4.74 Å². The highest BCUT2D eigenvalue weighted by Crippen LogP contribution is 2.23. The molecule has 2 aromatic rings. The number of pyridine rings is 1. The second-order valence-corrected chi connectivity index (χ2v) is 4.34. The molecule has 3 heterocycles. The van der Waals surface area contributed by atoms with E-state index in [0.717, 1.165) is 43.1 Å². The summed E-state index contributed by atoms with van der Waals surface area (Å²) in [7, 11) is 0. The van der Waals surface area contributed by atoms with E-state index in [2.05, 4.69) is 23.1 Å². The molecule has 4 nitrogen and oxygen atoms in total. The summed E-state index contributed by atoms with van der Waals surface area (Å²) in [6.45, 7) is 3.70. The van der Waals surface area contributed by atoms with E-state index in [9.17, 15) is 0 Å². The zero-order valence-electron chi connectivity index (χ0n) is 9.39. The van der Waals surface area contributed by atoms with E-state index in [1.165, 1.54) is 0 Å². The van der Waals surface area contributed by atoms with E-state index in [1.54, 1.807) is 0 Å². The molecule has 0 saturated carbocycles. The molecule has 1 unspecified atom stereocenters. The molecule has 0 N–H and O–H groups in total. The molecule has 0 aromatic carbocycles. The van der Waals surface area contributed by atoms with Crippen molar-refractivity contribution in [3.8, 4) is 0 Å². The van der Waals surface area contributed by atoms with E-state index in [-0.39, 0.29) is 0 Å². The first-order valence-corrected chi connectivity index (χ1v) is 5.74. The largest absolute Gasteiger partial charge is 0.381 e. The third-order valence-electron chi connectivity index (χ3n) is 3.10. The van der Waals surface area contributed by atoms with Gasteiger partial charge in [0.05, 0.1) is 6.61 Å². The van der Waals surface area contributed by atoms with Crippen LogP contribution in [0, 0.1) is 6.92 Å². The van der Waals surface area contributed by atoms with Gasteiger partial charge in [-0.1, -0.05) is 6.07 Å². The van der Waals surface area contributed by atoms with Gasteiger partial charge in [-0.25, -0.2) is 9.50 Å². The minimum Gasteiger partial charge on any atom is -0.381 e. The Morgan fingerprint density at radius 3 is 3.19 bits per heavy atom. The number of rotatable bonds is 1. The van der Waals surface area contributed by atoms with Crippen molar-refractivity contribution >= 4 is 5.65 Å². The van der Waals surface area contributed by atoms with Crippen molar-refractivity contribution in [2.75, 3.05) is 13.2 Å². The van der Waals surface area contributed by atoms with E-state index in [4.69, 9.17) is 4.74 Å². The van der Waals surface area contributed by atoms with Crippen molar-refractivity contribution in [1.29, 1.82) is 0 Å². The highest BCUT2D eigenvalue weighted by molar-refractivity contribution is 5.46. The summed E-state index contributed by atoms with van der Waals surface area (Å²) in [6, 6.07) is 4.06. The molecule has 1 saturated heterocycles. The quantitative estimate of drug-likeness (QED) is 0.732. The van der Waals surface area contributed by atoms with Crippen LogP contribution in [0.1, 0.15) is 30.1 Å². The standard InChI is InChI=1S/C12H15N3O/c1-9-4-2-6-15-12(9)13-11(14-15)10-5-3-7-16-8-10/h2,4,6,10H,3,5,7-8H2,1H3. The lowest BCUT2D eigenvalue weighted by atomic mass is 10.0. The van der Waals surface area contributed by atoms with Crippen molar-refractivity contribution in [3.05, 3.63) is 29.7 Å². The highest BCUT2D eigenvalue weighted by Gasteiger charge is 2.20. The molecule has 0 radical (unpaired) electrons. The van der Waals surface area contributed by atoms with Crippen molar-refractivity contribution in [2.45, 2.75) is 25.7 Å². The van der Waals surface area contributed by atoms with Crippen LogP contribution in [-0.2, 0) is 4.74 Å². The Labute approximate surface area is 94.3 Å². The van der Waals surface area contributed by atoms with Gasteiger partial charge in [0.1, 0.15) is 0 Å². The molecule has 3 rings (SSSR count). The maximum absolute atomic E-state index is 5.47. The first kappa shape index (κ1) is 9.78. The van der Waals surface area contributed by atoms with Gasteiger partial charge in [-0.2, -0.15) is 5.10 Å². The van der Waals surface area contributed by atoms with Gasteiger partial charge in [0.2, 0.25) is 0 Å². The Morgan fingerprint density at radius 2 is 2.44 bits per heavy atom. The van der Waals surface area contributed by atoms with Gasteiger partial charge in [0, 0.05) is 18.7 Å². The zero-order valence-corrected chi connectivity index (χ0v) is 9.39. The minimum absolute atomic E-state index is 0.369. The Kier molecular flexibility index (Phi) is 2.36. The molecule has 0 bridgehead atoms. The smallest absolute Gasteiger partial charge is 0.158 e. The number of ether oxygens (including phenoxy) is 1. The Morgan fingerprint density at radius 1 is 1.50 bits per heavy atom. The van der Waals surface area contributed by atoms with E-state index in [0.29, 0.717) is 5.92 Å². The molecule has 84 valence electrons. The van der Waals surface area contributed by atoms with Crippen LogP contribution < -0.4 is 0 Å². The topological polar surface area (TPSA) is 39.4 Å². The SMILES string of the molecule is Cc1cccn2nc(C3CCCOC3)nc12. The molecule has 1 aliphatic heterocycles. The average molecular weight is 217 g/mol. The molecular formula is C12H15N3O. The van der Waals surface area contributed by atoms with Gasteiger partial charge in [-0.3, -0.25) is 0 Å². The third kappa shape index (κ3) is 1.59. The fourth-order valence-electron chi connectivity index (χ4n) is 2.17. The third-order valence-corrected chi connectivity index (χ3v) is 3.10. The van der Waals surface area contributed by atoms with Crippen LogP contribution in [-0.4, -0.2) is 27.8 Å². The second kappa shape index (κ2) is 3.87. The molecular weight excluding hydrogens is 202 g/mol. The lowest BCUT2D eigenvalue weighted by Gasteiger charge is -2.18. The Hall–Kier alpha value is -1.42. The predicted molar refractivity (Wildman–Crippen MR) is 60.5 cm³/mol. The van der Waals surface area contributed by atoms with Crippen LogP contribution in [0.2, 0.25) is 0 Å². The lowest BCUT2D eigenvalue weighted by molar-refractivity contribution is 0.0781. The molecule has 4 heteroatoms. The fourth-order valence-corrected chi connectivity index (χ4v) is 2.17. The van der Waals surface area contributed by atoms with E-state index < -0.39 is 0 Å². The zero-order chi connectivity index (χ0) is 11.0. The first-order chi connectivity index (χ1) is 7.84. The Balaban J connectivity index is 2.01. The molecule has 0 spiro atoms. The average Bonchev–Trinajstić information content (AvgIpc) is 2.76. The maximum Gasteiger partial charge on any atom is 0.158 e. The summed E-state index contributed by atoms with van der Waals surface area (Å²) in [5.41, 5.74) is 2.13. The predicted octanol–water partition coefficient (Wildman–Crippen LogP) is 1.93. The summed E-state index contributed by atoms with van der Waals surface area (Å²) in [5, 5.41) is 4.52. The lowest BCUT2D eigenvalue weighted by Crippen LogP contribution is -2.16. The summed E-state index contributed by atoms with van der Waals surface area (Å²) in [6.07, 6.45) is 4.19. The van der Waals surface area contributed by atoms with Gasteiger partial charge in [0.25, 0.3) is 0 Å². The molecule has 16 heavy (non-hydrogen) atoms. The van der Waals surface area contributed by atoms with Crippen molar-refractivity contribution in [3.63, 3.8) is 0 Å². The molecule has 0 amide bonds. The highest BCUT2D eigenvalue weighted by atomic mass is 16.5. The van der Waals surface area contributed by atoms with Crippen LogP contribution >= 0.6 is 0 Å². The summed E-state index contributed by atoms with van der Waals surface area (Å²) in [5.74, 6) is 1.29. The fraction of sp³-hybridized carbons (Fsp3) is 0.500. The number of hydrogen-bond acceptors (Lipinski definition) is 3. The monoisotopic (exact) mass is 217 g/mol. The molecule has 1 fully saturated rings. The number of aromatic nitrogens is 3. The van der Waals surface area contributed by atoms with Crippen LogP contribution in [0.15, 0.2) is 18.3 Å². The number of fused-ring (bicyclic) bond motifs is 1. The summed E-state index contributed by atoms with van der Waals surface area (Å²) >= 11 is 0. The van der Waals surface area contributed by atoms with Crippen molar-refractivity contribution in [1.82, 2.24) is 14.6 Å². The first-order valence-electron chi connectivity index (χ1n) is 5.74. The van der Waals surface area contributed by atoms with Crippen LogP contribution in [0.4, 0.5) is 0 Å². The van der Waals surface area contributed by atoms with Crippen LogP contribution in [0.3, 0.4) is 0 Å². The maximum atomic E-state index is 5.47. The molecule has 0 aliphatic carbocycles.